The number of urea groups is 1. The van der Waals surface area contributed by atoms with Gasteiger partial charge in [-0.15, -0.1) is 18.3 Å². The Kier molecular flexibility index (Phi) is 4.53. The first-order valence-electron chi connectivity index (χ1n) is 8.70. The van der Waals surface area contributed by atoms with Gasteiger partial charge in [-0.1, -0.05) is 66.7 Å². The molecule has 0 aliphatic carbocycles. The molecule has 3 atom stereocenters. The lowest BCUT2D eigenvalue weighted by Crippen LogP contribution is -2.36. The van der Waals surface area contributed by atoms with Crippen molar-refractivity contribution in [2.24, 2.45) is 0 Å². The Morgan fingerprint density at radius 1 is 1.08 bits per heavy atom. The number of carbonyl (C=O) groups is 1. The molecule has 0 unspecified atom stereocenters. The van der Waals surface area contributed by atoms with Crippen LogP contribution in [0.3, 0.4) is 0 Å². The summed E-state index contributed by atoms with van der Waals surface area (Å²) in [6, 6.07) is 21.2. The first kappa shape index (κ1) is 16.3. The van der Waals surface area contributed by atoms with Crippen LogP contribution in [0.25, 0.3) is 0 Å². The van der Waals surface area contributed by atoms with Crippen LogP contribution >= 0.6 is 11.8 Å². The highest BCUT2D eigenvalue weighted by Gasteiger charge is 2.51. The van der Waals surface area contributed by atoms with E-state index in [0.717, 1.165) is 12.2 Å². The van der Waals surface area contributed by atoms with Crippen molar-refractivity contribution in [3.8, 4) is 0 Å². The first-order chi connectivity index (χ1) is 12.3. The molecule has 2 aliphatic rings. The van der Waals surface area contributed by atoms with Crippen molar-refractivity contribution in [1.29, 1.82) is 0 Å². The molecule has 2 amide bonds. The molecule has 25 heavy (non-hydrogen) atoms. The maximum atomic E-state index is 13.3. The molecule has 128 valence electrons. The third-order valence-electron chi connectivity index (χ3n) is 5.03. The second-order valence-corrected chi connectivity index (χ2v) is 7.67. The number of amides is 2. The molecule has 2 heterocycles. The molecule has 2 aliphatic heterocycles. The van der Waals surface area contributed by atoms with Gasteiger partial charge in [0.1, 0.15) is 5.37 Å². The maximum Gasteiger partial charge on any atom is 0.322 e. The van der Waals surface area contributed by atoms with Gasteiger partial charge in [-0.25, -0.2) is 4.79 Å². The van der Waals surface area contributed by atoms with E-state index in [1.807, 2.05) is 59.1 Å². The number of nitrogens with zero attached hydrogens (tertiary/aromatic N) is 2. The van der Waals surface area contributed by atoms with Crippen molar-refractivity contribution in [3.05, 3.63) is 84.4 Å². The average molecular weight is 350 g/mol. The smallest absolute Gasteiger partial charge is 0.315 e. The zero-order chi connectivity index (χ0) is 17.2. The minimum atomic E-state index is 0.117. The zero-order valence-electron chi connectivity index (χ0n) is 14.1. The molecule has 4 heteroatoms. The Morgan fingerprint density at radius 3 is 2.44 bits per heavy atom. The largest absolute Gasteiger partial charge is 0.322 e. The highest BCUT2D eigenvalue weighted by atomic mass is 32.2. The first-order valence-corrected chi connectivity index (χ1v) is 9.75. The van der Waals surface area contributed by atoms with Crippen molar-refractivity contribution in [2.45, 2.75) is 30.4 Å². The molecule has 2 aromatic rings. The van der Waals surface area contributed by atoms with Gasteiger partial charge in [0.05, 0.1) is 12.1 Å². The summed E-state index contributed by atoms with van der Waals surface area (Å²) >= 11 is 1.87. The van der Waals surface area contributed by atoms with Crippen LogP contribution in [0.15, 0.2) is 73.3 Å². The van der Waals surface area contributed by atoms with Crippen LogP contribution in [-0.4, -0.2) is 33.7 Å². The fraction of sp³-hybridized carbons (Fsp3) is 0.286. The summed E-state index contributed by atoms with van der Waals surface area (Å²) in [6.45, 7) is 4.58. The van der Waals surface area contributed by atoms with Crippen molar-refractivity contribution < 1.29 is 4.79 Å². The molecule has 0 saturated carbocycles. The van der Waals surface area contributed by atoms with Gasteiger partial charge in [0.25, 0.3) is 0 Å². The predicted octanol–water partition coefficient (Wildman–Crippen LogP) is 4.68. The van der Waals surface area contributed by atoms with Crippen molar-refractivity contribution in [3.63, 3.8) is 0 Å². The van der Waals surface area contributed by atoms with E-state index in [1.54, 1.807) is 0 Å². The van der Waals surface area contributed by atoms with Gasteiger partial charge in [-0.05, 0) is 17.5 Å². The van der Waals surface area contributed by atoms with E-state index in [9.17, 15) is 4.79 Å². The molecule has 0 spiro atoms. The van der Waals surface area contributed by atoms with Crippen LogP contribution in [0.2, 0.25) is 0 Å². The topological polar surface area (TPSA) is 23.6 Å². The molecule has 3 nitrogen and oxygen atoms in total. The van der Waals surface area contributed by atoms with Gasteiger partial charge < -0.3 is 9.80 Å². The van der Waals surface area contributed by atoms with Crippen LogP contribution in [0.1, 0.15) is 22.9 Å². The Hall–Kier alpha value is -2.20. The van der Waals surface area contributed by atoms with Gasteiger partial charge in [-0.3, -0.25) is 0 Å². The van der Waals surface area contributed by atoms with E-state index < -0.39 is 0 Å². The molecule has 2 fully saturated rings. The number of rotatable bonds is 5. The monoisotopic (exact) mass is 350 g/mol. The molecule has 0 aromatic heterocycles. The van der Waals surface area contributed by atoms with Gasteiger partial charge in [0.15, 0.2) is 0 Å². The van der Waals surface area contributed by atoms with Crippen molar-refractivity contribution in [2.75, 3.05) is 5.75 Å². The van der Waals surface area contributed by atoms with Crippen LogP contribution in [0.5, 0.6) is 0 Å². The summed E-state index contributed by atoms with van der Waals surface area (Å²) in [5.41, 5.74) is 2.39. The average Bonchev–Trinajstić information content (AvgIpc) is 3.19. The Bertz CT molecular complexity index is 749. The molecule has 4 rings (SSSR count). The lowest BCUT2D eigenvalue weighted by atomic mass is 10.0. The summed E-state index contributed by atoms with van der Waals surface area (Å²) < 4.78 is 0. The SMILES string of the molecule is C=CC[C@@H]1[C@@H]2CS[C@@H](c3ccccc3)N2C(=O)N1Cc1ccccc1. The van der Waals surface area contributed by atoms with Gasteiger partial charge in [0, 0.05) is 12.3 Å². The van der Waals surface area contributed by atoms with Gasteiger partial charge in [0.2, 0.25) is 0 Å². The minimum absolute atomic E-state index is 0.117. The summed E-state index contributed by atoms with van der Waals surface area (Å²) in [5, 5.41) is 0.117. The van der Waals surface area contributed by atoms with Crippen LogP contribution in [0.4, 0.5) is 4.79 Å². The summed E-state index contributed by atoms with van der Waals surface area (Å²) in [4.78, 5) is 17.4. The molecule has 2 saturated heterocycles. The lowest BCUT2D eigenvalue weighted by Gasteiger charge is -2.25. The van der Waals surface area contributed by atoms with Crippen molar-refractivity contribution >= 4 is 17.8 Å². The van der Waals surface area contributed by atoms with E-state index in [4.69, 9.17) is 0 Å². The van der Waals surface area contributed by atoms with Crippen LogP contribution in [-0.2, 0) is 6.54 Å². The third kappa shape index (κ3) is 2.95. The molecular weight excluding hydrogens is 328 g/mol. The van der Waals surface area contributed by atoms with E-state index >= 15 is 0 Å². The molecular formula is C21H22N2OS. The Labute approximate surface area is 153 Å². The van der Waals surface area contributed by atoms with Gasteiger partial charge >= 0.3 is 6.03 Å². The fourth-order valence-electron chi connectivity index (χ4n) is 3.86. The Morgan fingerprint density at radius 2 is 1.76 bits per heavy atom. The molecule has 0 radical (unpaired) electrons. The predicted molar refractivity (Wildman–Crippen MR) is 103 cm³/mol. The second kappa shape index (κ2) is 6.96. The van der Waals surface area contributed by atoms with E-state index in [2.05, 4.69) is 35.7 Å². The highest BCUT2D eigenvalue weighted by molar-refractivity contribution is 7.99. The third-order valence-corrected chi connectivity index (χ3v) is 6.38. The molecule has 2 aromatic carbocycles. The number of fused-ring (bicyclic) bond motifs is 1. The second-order valence-electron chi connectivity index (χ2n) is 6.56. The highest BCUT2D eigenvalue weighted by Crippen LogP contribution is 2.47. The number of hydrogen-bond donors (Lipinski definition) is 0. The summed E-state index contributed by atoms with van der Waals surface area (Å²) in [7, 11) is 0. The standard InChI is InChI=1S/C21H22N2OS/c1-2-9-18-19-15-25-20(17-12-7-4-8-13-17)23(19)21(24)22(18)14-16-10-5-3-6-11-16/h2-8,10-13,18-20H,1,9,14-15H2/t18-,19+,20+/m1/s1. The summed E-state index contributed by atoms with van der Waals surface area (Å²) in [5.74, 6) is 0.981. The normalized spacial score (nSPS) is 25.3. The molecule has 0 bridgehead atoms. The zero-order valence-corrected chi connectivity index (χ0v) is 14.9. The van der Waals surface area contributed by atoms with Gasteiger partial charge in [-0.2, -0.15) is 0 Å². The van der Waals surface area contributed by atoms with E-state index in [-0.39, 0.29) is 23.5 Å². The maximum absolute atomic E-state index is 13.3. The number of benzene rings is 2. The van der Waals surface area contributed by atoms with Crippen LogP contribution in [0, 0.1) is 0 Å². The van der Waals surface area contributed by atoms with E-state index in [1.165, 1.54) is 11.1 Å². The number of thioether (sulfide) groups is 1. The number of carbonyl (C=O) groups excluding carboxylic acids is 1. The summed E-state index contributed by atoms with van der Waals surface area (Å²) in [6.07, 6.45) is 2.78. The van der Waals surface area contributed by atoms with Crippen molar-refractivity contribution in [1.82, 2.24) is 9.80 Å². The molecule has 0 N–H and O–H groups in total. The lowest BCUT2D eigenvalue weighted by molar-refractivity contribution is 0.181. The minimum Gasteiger partial charge on any atom is -0.315 e. The quantitative estimate of drug-likeness (QED) is 0.731. The van der Waals surface area contributed by atoms with E-state index in [0.29, 0.717) is 6.54 Å². The number of hydrogen-bond acceptors (Lipinski definition) is 2. The van der Waals surface area contributed by atoms with Crippen LogP contribution < -0.4 is 0 Å². The Balaban J connectivity index is 1.63. The fourth-order valence-corrected chi connectivity index (χ4v) is 5.37.